The van der Waals surface area contributed by atoms with E-state index in [2.05, 4.69) is 41.9 Å². The molecule has 31 heavy (non-hydrogen) atoms. The number of carbonyl (C=O) groups excluding carboxylic acids is 1. The van der Waals surface area contributed by atoms with E-state index < -0.39 is 39.2 Å². The van der Waals surface area contributed by atoms with Crippen LogP contribution in [-0.4, -0.2) is 61.9 Å². The maximum absolute atomic E-state index is 13.0. The molecule has 0 radical (unpaired) electrons. The Kier molecular flexibility index (Phi) is 8.05. The van der Waals surface area contributed by atoms with Crippen molar-refractivity contribution in [1.82, 2.24) is 14.9 Å². The number of nitrogens with zero attached hydrogens (tertiary/aromatic N) is 1. The van der Waals surface area contributed by atoms with E-state index in [0.29, 0.717) is 15.5 Å². The number of likely N-dealkylation sites (tertiary alicyclic amines) is 1. The number of alkyl carbamates (subject to hydrolysis) is 1. The first-order chi connectivity index (χ1) is 14.2. The third kappa shape index (κ3) is 5.71. The van der Waals surface area contributed by atoms with Gasteiger partial charge in [-0.05, 0) is 52.9 Å². The molecule has 0 saturated carbocycles. The Balaban J connectivity index is 2.36. The predicted octanol–water partition coefficient (Wildman–Crippen LogP) is 3.77. The molecule has 1 aromatic rings. The smallest absolute Gasteiger partial charge is 0.407 e. The Labute approximate surface area is 199 Å². The van der Waals surface area contributed by atoms with Gasteiger partial charge in [0.15, 0.2) is 0 Å². The molecular formula is C19H27Br2N3O6S. The van der Waals surface area contributed by atoms with E-state index in [0.717, 1.165) is 0 Å². The van der Waals surface area contributed by atoms with E-state index in [4.69, 9.17) is 4.74 Å². The Morgan fingerprint density at radius 3 is 2.52 bits per heavy atom. The van der Waals surface area contributed by atoms with Crippen LogP contribution in [0.2, 0.25) is 0 Å². The Morgan fingerprint density at radius 2 is 1.97 bits per heavy atom. The van der Waals surface area contributed by atoms with E-state index >= 15 is 0 Å². The van der Waals surface area contributed by atoms with Crippen LogP contribution in [0.3, 0.4) is 0 Å². The number of hydrogen-bond donors (Lipinski definition) is 3. The van der Waals surface area contributed by atoms with Crippen LogP contribution in [0, 0.1) is 5.41 Å². The van der Waals surface area contributed by atoms with Gasteiger partial charge in [0.1, 0.15) is 6.61 Å². The van der Waals surface area contributed by atoms with Crippen molar-refractivity contribution in [3.05, 3.63) is 27.1 Å². The SMILES string of the molecule is CCNC(=O)OC[C@]1(C(C)(C)C)C[C@@H](NS(=O)(=O)c2cc(Br)ccc2Br)CN1C(=O)O. The predicted molar refractivity (Wildman–Crippen MR) is 123 cm³/mol. The first kappa shape index (κ1) is 25.9. The lowest BCUT2D eigenvalue weighted by Gasteiger charge is -2.46. The molecule has 1 fully saturated rings. The van der Waals surface area contributed by atoms with Crippen LogP contribution >= 0.6 is 31.9 Å². The van der Waals surface area contributed by atoms with E-state index in [1.54, 1.807) is 19.1 Å². The lowest BCUT2D eigenvalue weighted by atomic mass is 9.72. The highest BCUT2D eigenvalue weighted by Crippen LogP contribution is 2.44. The van der Waals surface area contributed by atoms with Crippen LogP contribution in [0.1, 0.15) is 34.1 Å². The minimum absolute atomic E-state index is 0.0376. The quantitative estimate of drug-likeness (QED) is 0.467. The van der Waals surface area contributed by atoms with Gasteiger partial charge in [0.25, 0.3) is 0 Å². The monoisotopic (exact) mass is 583 g/mol. The van der Waals surface area contributed by atoms with Crippen molar-refractivity contribution in [2.45, 2.75) is 50.6 Å². The molecule has 1 heterocycles. The van der Waals surface area contributed by atoms with Gasteiger partial charge in [0.05, 0.1) is 10.4 Å². The van der Waals surface area contributed by atoms with Gasteiger partial charge in [-0.3, -0.25) is 4.90 Å². The largest absolute Gasteiger partial charge is 0.465 e. The van der Waals surface area contributed by atoms with Crippen molar-refractivity contribution in [1.29, 1.82) is 0 Å². The van der Waals surface area contributed by atoms with Crippen LogP contribution in [0.25, 0.3) is 0 Å². The number of benzene rings is 1. The summed E-state index contributed by atoms with van der Waals surface area (Å²) in [5.41, 5.74) is -1.76. The summed E-state index contributed by atoms with van der Waals surface area (Å²) < 4.78 is 35.0. The first-order valence-corrected chi connectivity index (χ1v) is 12.7. The van der Waals surface area contributed by atoms with Gasteiger partial charge in [-0.15, -0.1) is 0 Å². The number of ether oxygens (including phenoxy) is 1. The van der Waals surface area contributed by atoms with Crippen LogP contribution in [-0.2, 0) is 14.8 Å². The fourth-order valence-corrected chi connectivity index (χ4v) is 6.46. The van der Waals surface area contributed by atoms with Gasteiger partial charge in [-0.1, -0.05) is 36.7 Å². The fourth-order valence-electron chi connectivity index (χ4n) is 3.73. The third-order valence-corrected chi connectivity index (χ3v) is 8.41. The van der Waals surface area contributed by atoms with Gasteiger partial charge in [-0.25, -0.2) is 22.7 Å². The molecule has 0 unspecified atom stereocenters. The molecule has 2 amide bonds. The summed E-state index contributed by atoms with van der Waals surface area (Å²) in [6.45, 7) is 7.35. The summed E-state index contributed by atoms with van der Waals surface area (Å²) in [6, 6.07) is 4.07. The number of carbonyl (C=O) groups is 2. The van der Waals surface area contributed by atoms with E-state index in [-0.39, 0.29) is 24.5 Å². The van der Waals surface area contributed by atoms with Crippen molar-refractivity contribution >= 4 is 54.1 Å². The number of amides is 2. The second-order valence-corrected chi connectivity index (χ2v) is 11.8. The molecular weight excluding hydrogens is 558 g/mol. The van der Waals surface area contributed by atoms with Crippen LogP contribution in [0.15, 0.2) is 32.0 Å². The number of halogens is 2. The molecule has 1 aliphatic heterocycles. The van der Waals surface area contributed by atoms with Crippen LogP contribution in [0.5, 0.6) is 0 Å². The summed E-state index contributed by atoms with van der Waals surface area (Å²) in [7, 11) is -3.95. The zero-order valence-corrected chi connectivity index (χ0v) is 21.7. The molecule has 0 spiro atoms. The summed E-state index contributed by atoms with van der Waals surface area (Å²) in [6.07, 6.45) is -1.72. The molecule has 3 N–H and O–H groups in total. The molecule has 9 nitrogen and oxygen atoms in total. The molecule has 1 saturated heterocycles. The third-order valence-electron chi connectivity index (χ3n) is 5.40. The van der Waals surface area contributed by atoms with E-state index in [1.807, 2.05) is 20.8 Å². The van der Waals surface area contributed by atoms with Gasteiger partial charge in [0, 0.05) is 28.1 Å². The van der Waals surface area contributed by atoms with Crippen molar-refractivity contribution in [3.8, 4) is 0 Å². The number of carboxylic acid groups (broad SMARTS) is 1. The number of sulfonamides is 1. The highest BCUT2D eigenvalue weighted by Gasteiger charge is 2.56. The molecule has 0 aromatic heterocycles. The summed E-state index contributed by atoms with van der Waals surface area (Å²) in [4.78, 5) is 25.2. The second-order valence-electron chi connectivity index (χ2n) is 8.38. The van der Waals surface area contributed by atoms with Gasteiger partial charge >= 0.3 is 12.2 Å². The summed E-state index contributed by atoms with van der Waals surface area (Å²) in [5.74, 6) is 0. The highest BCUT2D eigenvalue weighted by molar-refractivity contribution is 9.11. The topological polar surface area (TPSA) is 125 Å². The zero-order chi connectivity index (χ0) is 23.6. The minimum Gasteiger partial charge on any atom is -0.465 e. The van der Waals surface area contributed by atoms with Gasteiger partial charge in [0.2, 0.25) is 10.0 Å². The molecule has 1 aliphatic rings. The summed E-state index contributed by atoms with van der Waals surface area (Å²) in [5, 5.41) is 12.4. The lowest BCUT2D eigenvalue weighted by Crippen LogP contribution is -2.58. The molecule has 12 heteroatoms. The number of nitrogens with one attached hydrogen (secondary N) is 2. The zero-order valence-electron chi connectivity index (χ0n) is 17.7. The Bertz CT molecular complexity index is 950. The Hall–Kier alpha value is -1.37. The van der Waals surface area contributed by atoms with Crippen molar-refractivity contribution in [3.63, 3.8) is 0 Å². The first-order valence-electron chi connectivity index (χ1n) is 9.62. The average molecular weight is 585 g/mol. The molecule has 0 aliphatic carbocycles. The fraction of sp³-hybridized carbons (Fsp3) is 0.579. The summed E-state index contributed by atoms with van der Waals surface area (Å²) >= 11 is 6.52. The van der Waals surface area contributed by atoms with E-state index in [1.165, 1.54) is 11.0 Å². The number of hydrogen-bond acceptors (Lipinski definition) is 5. The maximum Gasteiger partial charge on any atom is 0.407 e. The average Bonchev–Trinajstić information content (AvgIpc) is 3.01. The lowest BCUT2D eigenvalue weighted by molar-refractivity contribution is -0.0179. The number of rotatable bonds is 6. The Morgan fingerprint density at radius 1 is 1.32 bits per heavy atom. The maximum atomic E-state index is 13.0. The van der Waals surface area contributed by atoms with Gasteiger partial charge in [-0.2, -0.15) is 0 Å². The molecule has 2 rings (SSSR count). The van der Waals surface area contributed by atoms with Crippen LogP contribution in [0.4, 0.5) is 9.59 Å². The normalized spacial score (nSPS) is 21.7. The standard InChI is InChI=1S/C19H27Br2N3O6S/c1-5-22-16(25)30-11-19(18(2,3)4)9-13(10-24(19)17(26)27)23-31(28,29)15-8-12(20)6-7-14(15)21/h6-8,13,23H,5,9-11H2,1-4H3,(H,22,25)(H,26,27)/t13-,19+/m1/s1. The van der Waals surface area contributed by atoms with Crippen molar-refractivity contribution < 1.29 is 27.9 Å². The van der Waals surface area contributed by atoms with E-state index in [9.17, 15) is 23.1 Å². The van der Waals surface area contributed by atoms with Crippen molar-refractivity contribution in [2.24, 2.45) is 5.41 Å². The minimum atomic E-state index is -3.95. The van der Waals surface area contributed by atoms with Crippen molar-refractivity contribution in [2.75, 3.05) is 19.7 Å². The highest BCUT2D eigenvalue weighted by atomic mass is 79.9. The van der Waals surface area contributed by atoms with Gasteiger partial charge < -0.3 is 15.2 Å². The molecule has 2 atom stereocenters. The second kappa shape index (κ2) is 9.63. The van der Waals surface area contributed by atoms with Crippen LogP contribution < -0.4 is 10.0 Å². The molecule has 174 valence electrons. The molecule has 1 aromatic carbocycles. The molecule has 0 bridgehead atoms.